The molecule has 0 N–H and O–H groups in total. The molecule has 2 nitrogen and oxygen atoms in total. The zero-order chi connectivity index (χ0) is 43.7. The standard InChI is InChI=1S/C63H48N2/c1-62(2,3)65-59-30-18-16-28-54(59)55-39-36-50(42-60(55)65)64(48-34-31-44(32-35-48)52-38-33-43-19-13-14-26-51(43)61(52)45-20-7-4-8-21-45)49-37-40-58-56(41-49)53-27-15-17-29-57(53)63(58,46-22-9-5-10-23-46)47-24-11-6-12-25-47/h4-42H,1-3H3. The molecule has 0 bridgehead atoms. The maximum Gasteiger partial charge on any atom is 0.0713 e. The molecule has 0 saturated carbocycles. The Kier molecular flexibility index (Phi) is 9.00. The van der Waals surface area contributed by atoms with E-state index in [4.69, 9.17) is 0 Å². The number of hydrogen-bond donors (Lipinski definition) is 0. The zero-order valence-corrected chi connectivity index (χ0v) is 36.9. The van der Waals surface area contributed by atoms with Gasteiger partial charge in [-0.1, -0.05) is 194 Å². The van der Waals surface area contributed by atoms with E-state index in [-0.39, 0.29) is 5.54 Å². The van der Waals surface area contributed by atoms with Crippen LogP contribution < -0.4 is 4.90 Å². The van der Waals surface area contributed by atoms with E-state index in [0.717, 1.165) is 17.1 Å². The van der Waals surface area contributed by atoms with E-state index in [2.05, 4.69) is 267 Å². The smallest absolute Gasteiger partial charge is 0.0713 e. The Morgan fingerprint density at radius 2 is 0.923 bits per heavy atom. The first-order valence-electron chi connectivity index (χ1n) is 22.8. The second-order valence-electron chi connectivity index (χ2n) is 18.4. The van der Waals surface area contributed by atoms with Crippen LogP contribution in [0.2, 0.25) is 0 Å². The highest BCUT2D eigenvalue weighted by Crippen LogP contribution is 2.57. The molecule has 0 spiro atoms. The van der Waals surface area contributed by atoms with Gasteiger partial charge in [0.2, 0.25) is 0 Å². The van der Waals surface area contributed by atoms with Crippen molar-refractivity contribution in [3.05, 3.63) is 259 Å². The monoisotopic (exact) mass is 832 g/mol. The molecule has 1 aromatic heterocycles. The van der Waals surface area contributed by atoms with Gasteiger partial charge in [0.15, 0.2) is 0 Å². The van der Waals surface area contributed by atoms with Gasteiger partial charge >= 0.3 is 0 Å². The highest BCUT2D eigenvalue weighted by molar-refractivity contribution is 6.10. The van der Waals surface area contributed by atoms with Crippen LogP contribution in [0.3, 0.4) is 0 Å². The zero-order valence-electron chi connectivity index (χ0n) is 36.9. The first-order valence-corrected chi connectivity index (χ1v) is 22.8. The Balaban J connectivity index is 1.08. The molecule has 10 aromatic carbocycles. The molecule has 2 heteroatoms. The first-order chi connectivity index (χ1) is 31.9. The van der Waals surface area contributed by atoms with Gasteiger partial charge in [0.1, 0.15) is 0 Å². The first kappa shape index (κ1) is 38.7. The van der Waals surface area contributed by atoms with E-state index in [1.165, 1.54) is 88.2 Å². The number of fused-ring (bicyclic) bond motifs is 7. The quantitative estimate of drug-likeness (QED) is 0.155. The fourth-order valence-corrected chi connectivity index (χ4v) is 11.1. The van der Waals surface area contributed by atoms with Crippen molar-refractivity contribution in [3.8, 4) is 33.4 Å². The number of nitrogens with zero attached hydrogens (tertiary/aromatic N) is 2. The summed E-state index contributed by atoms with van der Waals surface area (Å²) in [6.07, 6.45) is 0. The normalized spacial score (nSPS) is 13.0. The largest absolute Gasteiger partial charge is 0.335 e. The van der Waals surface area contributed by atoms with Gasteiger partial charge in [0.05, 0.1) is 10.9 Å². The number of aromatic nitrogens is 1. The van der Waals surface area contributed by atoms with Crippen molar-refractivity contribution in [1.82, 2.24) is 4.57 Å². The van der Waals surface area contributed by atoms with Crippen LogP contribution in [0, 0.1) is 0 Å². The molecule has 310 valence electrons. The molecule has 1 aliphatic rings. The van der Waals surface area contributed by atoms with Crippen molar-refractivity contribution in [2.45, 2.75) is 31.7 Å². The van der Waals surface area contributed by atoms with Crippen LogP contribution in [0.5, 0.6) is 0 Å². The summed E-state index contributed by atoms with van der Waals surface area (Å²) in [5.41, 5.74) is 17.7. The van der Waals surface area contributed by atoms with E-state index in [1.807, 2.05) is 0 Å². The third-order valence-electron chi connectivity index (χ3n) is 13.7. The van der Waals surface area contributed by atoms with Crippen LogP contribution >= 0.6 is 0 Å². The molecule has 0 saturated heterocycles. The summed E-state index contributed by atoms with van der Waals surface area (Å²) >= 11 is 0. The number of para-hydroxylation sites is 1. The fraction of sp³-hybridized carbons (Fsp3) is 0.0794. The van der Waals surface area contributed by atoms with Gasteiger partial charge in [0, 0.05) is 38.9 Å². The number of hydrogen-bond acceptors (Lipinski definition) is 1. The second kappa shape index (κ2) is 15.1. The maximum absolute atomic E-state index is 2.51. The number of benzene rings is 10. The molecule has 1 aliphatic carbocycles. The molecular weight excluding hydrogens is 785 g/mol. The van der Waals surface area contributed by atoms with Crippen molar-refractivity contribution in [1.29, 1.82) is 0 Å². The molecule has 0 radical (unpaired) electrons. The summed E-state index contributed by atoms with van der Waals surface area (Å²) in [7, 11) is 0. The summed E-state index contributed by atoms with van der Waals surface area (Å²) < 4.78 is 2.51. The van der Waals surface area contributed by atoms with Crippen molar-refractivity contribution in [2.24, 2.45) is 0 Å². The number of anilines is 3. The lowest BCUT2D eigenvalue weighted by Gasteiger charge is -2.34. The minimum absolute atomic E-state index is 0.141. The lowest BCUT2D eigenvalue weighted by molar-refractivity contribution is 0.423. The minimum atomic E-state index is -0.470. The topological polar surface area (TPSA) is 8.17 Å². The van der Waals surface area contributed by atoms with Crippen molar-refractivity contribution < 1.29 is 0 Å². The van der Waals surface area contributed by atoms with Gasteiger partial charge in [-0.05, 0) is 130 Å². The molecule has 11 aromatic rings. The van der Waals surface area contributed by atoms with E-state index >= 15 is 0 Å². The van der Waals surface area contributed by atoms with Crippen molar-refractivity contribution in [3.63, 3.8) is 0 Å². The Labute approximate surface area is 381 Å². The lowest BCUT2D eigenvalue weighted by Crippen LogP contribution is -2.28. The van der Waals surface area contributed by atoms with Gasteiger partial charge in [-0.2, -0.15) is 0 Å². The van der Waals surface area contributed by atoms with Gasteiger partial charge in [-0.15, -0.1) is 0 Å². The Morgan fingerprint density at radius 3 is 1.65 bits per heavy atom. The molecule has 0 aliphatic heterocycles. The molecule has 0 atom stereocenters. The predicted molar refractivity (Wildman–Crippen MR) is 275 cm³/mol. The van der Waals surface area contributed by atoms with Crippen LogP contribution in [-0.2, 0) is 11.0 Å². The molecule has 0 fully saturated rings. The van der Waals surface area contributed by atoms with E-state index in [0.29, 0.717) is 0 Å². The summed E-state index contributed by atoms with van der Waals surface area (Å²) in [5.74, 6) is 0. The predicted octanol–water partition coefficient (Wildman–Crippen LogP) is 16.9. The number of rotatable bonds is 7. The van der Waals surface area contributed by atoms with Crippen LogP contribution in [0.4, 0.5) is 17.1 Å². The van der Waals surface area contributed by atoms with E-state index in [9.17, 15) is 0 Å². The molecule has 65 heavy (non-hydrogen) atoms. The molecule has 1 heterocycles. The molecule has 12 rings (SSSR count). The van der Waals surface area contributed by atoms with E-state index < -0.39 is 5.41 Å². The van der Waals surface area contributed by atoms with Gasteiger partial charge in [-0.25, -0.2) is 0 Å². The van der Waals surface area contributed by atoms with Gasteiger partial charge in [-0.3, -0.25) is 0 Å². The van der Waals surface area contributed by atoms with Crippen LogP contribution in [0.15, 0.2) is 237 Å². The summed E-state index contributed by atoms with van der Waals surface area (Å²) in [6.45, 7) is 6.92. The summed E-state index contributed by atoms with van der Waals surface area (Å²) in [6, 6.07) is 87.5. The van der Waals surface area contributed by atoms with Crippen molar-refractivity contribution >= 4 is 49.6 Å². The van der Waals surface area contributed by atoms with Crippen LogP contribution in [0.1, 0.15) is 43.0 Å². The lowest BCUT2D eigenvalue weighted by atomic mass is 9.68. The van der Waals surface area contributed by atoms with Crippen molar-refractivity contribution in [2.75, 3.05) is 4.90 Å². The third-order valence-corrected chi connectivity index (χ3v) is 13.7. The Morgan fingerprint density at radius 1 is 0.369 bits per heavy atom. The highest BCUT2D eigenvalue weighted by Gasteiger charge is 2.46. The fourth-order valence-electron chi connectivity index (χ4n) is 11.1. The average Bonchev–Trinajstić information content (AvgIpc) is 3.85. The summed E-state index contributed by atoms with van der Waals surface area (Å²) in [5, 5.41) is 5.03. The van der Waals surface area contributed by atoms with Gasteiger partial charge in [0.25, 0.3) is 0 Å². The SMILES string of the molecule is CC(C)(C)n1c2ccccc2c2ccc(N(c3ccc(-c4ccc5ccccc5c4-c4ccccc4)cc3)c3ccc4c(c3)-c3ccccc3C4(c3ccccc3)c3ccccc3)cc21. The minimum Gasteiger partial charge on any atom is -0.335 e. The molecule has 0 amide bonds. The van der Waals surface area contributed by atoms with E-state index in [1.54, 1.807) is 0 Å². The molecule has 0 unspecified atom stereocenters. The third kappa shape index (κ3) is 6.09. The average molecular weight is 833 g/mol. The van der Waals surface area contributed by atoms with Gasteiger partial charge < -0.3 is 9.47 Å². The molecular formula is C63H48N2. The Hall–Kier alpha value is -7.94. The van der Waals surface area contributed by atoms with Crippen LogP contribution in [0.25, 0.3) is 66.0 Å². The Bertz CT molecular complexity index is 3520. The highest BCUT2D eigenvalue weighted by atomic mass is 15.1. The van der Waals surface area contributed by atoms with Crippen LogP contribution in [-0.4, -0.2) is 4.57 Å². The summed E-state index contributed by atoms with van der Waals surface area (Å²) in [4.78, 5) is 2.46. The maximum atomic E-state index is 2.51. The second-order valence-corrected chi connectivity index (χ2v) is 18.4.